The van der Waals surface area contributed by atoms with Gasteiger partial charge in [0.2, 0.25) is 0 Å². The lowest BCUT2D eigenvalue weighted by atomic mass is 10.0. The van der Waals surface area contributed by atoms with E-state index in [1.165, 1.54) is 154 Å². The predicted molar refractivity (Wildman–Crippen MR) is 140 cm³/mol. The first-order chi connectivity index (χ1) is 14.9. The summed E-state index contributed by atoms with van der Waals surface area (Å²) in [4.78, 5) is 0. The van der Waals surface area contributed by atoms with Crippen molar-refractivity contribution in [2.24, 2.45) is 0 Å². The summed E-state index contributed by atoms with van der Waals surface area (Å²) in [6.07, 6.45) is 43.4. The monoisotopic (exact) mass is 418 g/mol. The molecule has 0 aromatic carbocycles. The van der Waals surface area contributed by atoms with Crippen LogP contribution in [0.2, 0.25) is 0 Å². The maximum absolute atomic E-state index is 2.43. The van der Waals surface area contributed by atoms with Crippen molar-refractivity contribution in [3.05, 3.63) is 24.3 Å². The Bertz CT molecular complexity index is 338. The first kappa shape index (κ1) is 29.5. The number of hydrogen-bond acceptors (Lipinski definition) is 0. The van der Waals surface area contributed by atoms with Crippen molar-refractivity contribution < 1.29 is 0 Å². The lowest BCUT2D eigenvalue weighted by Gasteiger charge is -2.03. The number of allylic oxidation sites excluding steroid dienone is 4. The van der Waals surface area contributed by atoms with Crippen LogP contribution in [0.15, 0.2) is 24.3 Å². The topological polar surface area (TPSA) is 0 Å². The van der Waals surface area contributed by atoms with Crippen LogP contribution >= 0.6 is 0 Å². The quantitative estimate of drug-likeness (QED) is 0.102. The van der Waals surface area contributed by atoms with Crippen molar-refractivity contribution in [3.63, 3.8) is 0 Å². The molecule has 0 spiro atoms. The van der Waals surface area contributed by atoms with Gasteiger partial charge in [-0.3, -0.25) is 0 Å². The average molecular weight is 419 g/mol. The fourth-order valence-corrected chi connectivity index (χ4v) is 4.13. The van der Waals surface area contributed by atoms with Crippen LogP contribution in [-0.4, -0.2) is 0 Å². The molecule has 0 nitrogen and oxygen atoms in total. The van der Waals surface area contributed by atoms with Crippen LogP contribution in [0.25, 0.3) is 0 Å². The first-order valence-electron chi connectivity index (χ1n) is 14.2. The highest BCUT2D eigenvalue weighted by molar-refractivity contribution is 4.81. The highest BCUT2D eigenvalue weighted by Crippen LogP contribution is 2.14. The van der Waals surface area contributed by atoms with Gasteiger partial charge in [0.1, 0.15) is 0 Å². The Hall–Kier alpha value is -0.520. The summed E-state index contributed by atoms with van der Waals surface area (Å²) in [6, 6.07) is 0. The van der Waals surface area contributed by atoms with Gasteiger partial charge >= 0.3 is 0 Å². The Morgan fingerprint density at radius 1 is 0.267 bits per heavy atom. The van der Waals surface area contributed by atoms with Gasteiger partial charge in [-0.15, -0.1) is 0 Å². The molecule has 0 bridgehead atoms. The molecule has 0 saturated heterocycles. The maximum atomic E-state index is 2.43. The van der Waals surface area contributed by atoms with Crippen LogP contribution in [0.5, 0.6) is 0 Å². The fraction of sp³-hybridized carbons (Fsp3) is 0.867. The second-order valence-electron chi connectivity index (χ2n) is 9.46. The minimum Gasteiger partial charge on any atom is -0.0885 e. The summed E-state index contributed by atoms with van der Waals surface area (Å²) < 4.78 is 0. The summed E-state index contributed by atoms with van der Waals surface area (Å²) in [5, 5.41) is 0. The van der Waals surface area contributed by atoms with Crippen LogP contribution < -0.4 is 0 Å². The minimum absolute atomic E-state index is 1.29. The summed E-state index contributed by atoms with van der Waals surface area (Å²) >= 11 is 0. The van der Waals surface area contributed by atoms with Gasteiger partial charge in [-0.1, -0.05) is 147 Å². The number of unbranched alkanes of at least 4 members (excludes halogenated alkanes) is 21. The van der Waals surface area contributed by atoms with Gasteiger partial charge in [0.05, 0.1) is 0 Å². The van der Waals surface area contributed by atoms with E-state index in [1.807, 2.05) is 0 Å². The highest BCUT2D eigenvalue weighted by atomic mass is 14.0. The molecule has 0 unspecified atom stereocenters. The van der Waals surface area contributed by atoms with Gasteiger partial charge in [-0.25, -0.2) is 0 Å². The molecule has 0 heterocycles. The maximum Gasteiger partial charge on any atom is -0.0351 e. The molecule has 0 heteroatoms. The first-order valence-corrected chi connectivity index (χ1v) is 14.2. The van der Waals surface area contributed by atoms with Gasteiger partial charge in [0, 0.05) is 0 Å². The Labute approximate surface area is 192 Å². The molecule has 0 aliphatic heterocycles. The standard InChI is InChI=1S/C30H58/c1-3-5-7-9-11-13-15-17-19-21-23-25-27-29-30-28-26-24-22-20-18-16-14-12-10-8-6-4-2/h9,11,14,16H,3-8,10,12-13,15,17-30H2,1-2H3. The summed E-state index contributed by atoms with van der Waals surface area (Å²) in [7, 11) is 0. The van der Waals surface area contributed by atoms with Crippen LogP contribution in [0.3, 0.4) is 0 Å². The summed E-state index contributed by atoms with van der Waals surface area (Å²) in [5.74, 6) is 0. The van der Waals surface area contributed by atoms with E-state index < -0.39 is 0 Å². The summed E-state index contributed by atoms with van der Waals surface area (Å²) in [6.45, 7) is 4.56. The molecule has 0 saturated carbocycles. The molecule has 178 valence electrons. The molecule has 0 atom stereocenters. The van der Waals surface area contributed by atoms with Crippen LogP contribution in [0.4, 0.5) is 0 Å². The molecular formula is C30H58. The van der Waals surface area contributed by atoms with E-state index in [-0.39, 0.29) is 0 Å². The van der Waals surface area contributed by atoms with Gasteiger partial charge in [-0.2, -0.15) is 0 Å². The molecule has 0 rings (SSSR count). The third-order valence-electron chi connectivity index (χ3n) is 6.27. The molecule has 0 N–H and O–H groups in total. The van der Waals surface area contributed by atoms with E-state index >= 15 is 0 Å². The zero-order valence-electron chi connectivity index (χ0n) is 21.3. The van der Waals surface area contributed by atoms with Crippen molar-refractivity contribution in [3.8, 4) is 0 Å². The van der Waals surface area contributed by atoms with Gasteiger partial charge in [0.15, 0.2) is 0 Å². The van der Waals surface area contributed by atoms with Crippen LogP contribution in [0.1, 0.15) is 168 Å². The lowest BCUT2D eigenvalue weighted by molar-refractivity contribution is 0.534. The van der Waals surface area contributed by atoms with Crippen molar-refractivity contribution in [2.45, 2.75) is 168 Å². The number of hydrogen-bond donors (Lipinski definition) is 0. The van der Waals surface area contributed by atoms with Crippen LogP contribution in [0, 0.1) is 0 Å². The second kappa shape index (κ2) is 28.5. The second-order valence-corrected chi connectivity index (χ2v) is 9.46. The Morgan fingerprint density at radius 3 is 0.800 bits per heavy atom. The molecule has 0 aromatic heterocycles. The van der Waals surface area contributed by atoms with Crippen molar-refractivity contribution in [1.82, 2.24) is 0 Å². The predicted octanol–water partition coefficient (Wildman–Crippen LogP) is 11.5. The Morgan fingerprint density at radius 2 is 0.500 bits per heavy atom. The van der Waals surface area contributed by atoms with Crippen LogP contribution in [-0.2, 0) is 0 Å². The highest BCUT2D eigenvalue weighted by Gasteiger charge is 1.94. The molecule has 0 fully saturated rings. The number of rotatable bonds is 25. The van der Waals surface area contributed by atoms with E-state index in [4.69, 9.17) is 0 Å². The molecule has 0 aromatic rings. The average Bonchev–Trinajstić information content (AvgIpc) is 2.76. The SMILES string of the molecule is CCCCC=CCCCCCCCCCCCCCCCCC=CCCCCCC. The third kappa shape index (κ3) is 27.5. The van der Waals surface area contributed by atoms with Crippen molar-refractivity contribution >= 4 is 0 Å². The molecule has 30 heavy (non-hydrogen) atoms. The fourth-order valence-electron chi connectivity index (χ4n) is 4.13. The van der Waals surface area contributed by atoms with Gasteiger partial charge in [0.25, 0.3) is 0 Å². The van der Waals surface area contributed by atoms with Crippen molar-refractivity contribution in [1.29, 1.82) is 0 Å². The van der Waals surface area contributed by atoms with Gasteiger partial charge in [-0.05, 0) is 44.9 Å². The lowest BCUT2D eigenvalue weighted by Crippen LogP contribution is -1.83. The van der Waals surface area contributed by atoms with Gasteiger partial charge < -0.3 is 0 Å². The van der Waals surface area contributed by atoms with E-state index in [1.54, 1.807) is 0 Å². The summed E-state index contributed by atoms with van der Waals surface area (Å²) in [5.41, 5.74) is 0. The Kier molecular flexibility index (Phi) is 28.0. The third-order valence-corrected chi connectivity index (χ3v) is 6.27. The smallest absolute Gasteiger partial charge is 0.0351 e. The Balaban J connectivity index is 3.06. The normalized spacial score (nSPS) is 11.9. The largest absolute Gasteiger partial charge is 0.0885 e. The molecular weight excluding hydrogens is 360 g/mol. The van der Waals surface area contributed by atoms with E-state index in [0.717, 1.165) is 0 Å². The molecule has 0 radical (unpaired) electrons. The van der Waals surface area contributed by atoms with E-state index in [9.17, 15) is 0 Å². The molecule has 0 aliphatic carbocycles. The van der Waals surface area contributed by atoms with E-state index in [2.05, 4.69) is 38.2 Å². The minimum atomic E-state index is 1.29. The molecule has 0 aliphatic rings. The van der Waals surface area contributed by atoms with Crippen molar-refractivity contribution in [2.75, 3.05) is 0 Å². The zero-order valence-corrected chi connectivity index (χ0v) is 21.3. The molecule has 0 amide bonds. The van der Waals surface area contributed by atoms with E-state index in [0.29, 0.717) is 0 Å². The zero-order chi connectivity index (χ0) is 21.8.